The molecule has 0 spiro atoms. The molecule has 0 aliphatic heterocycles. The van der Waals surface area contributed by atoms with Crippen LogP contribution < -0.4 is 5.32 Å². The molecular weight excluding hydrogens is 370 g/mol. The van der Waals surface area contributed by atoms with E-state index < -0.39 is 18.0 Å². The van der Waals surface area contributed by atoms with Gasteiger partial charge in [-0.2, -0.15) is 9.78 Å². The molecule has 0 aliphatic carbocycles. The number of hydrogen-bond acceptors (Lipinski definition) is 8. The number of aryl methyl sites for hydroxylation is 1. The predicted molar refractivity (Wildman–Crippen MR) is 96.2 cm³/mol. The van der Waals surface area contributed by atoms with Gasteiger partial charge in [-0.25, -0.2) is 9.59 Å². The summed E-state index contributed by atoms with van der Waals surface area (Å²) >= 11 is 0. The van der Waals surface area contributed by atoms with E-state index in [0.717, 1.165) is 4.68 Å². The summed E-state index contributed by atoms with van der Waals surface area (Å²) in [5.41, 5.74) is 0.488. The Balaban J connectivity index is 1.99. The number of carbonyl (C=O) groups is 3. The van der Waals surface area contributed by atoms with Crippen molar-refractivity contribution in [3.63, 3.8) is 0 Å². The topological polar surface area (TPSA) is 130 Å². The van der Waals surface area contributed by atoms with Gasteiger partial charge in [-0.1, -0.05) is 6.92 Å². The zero-order valence-electron chi connectivity index (χ0n) is 15.6. The molecule has 0 saturated heterocycles. The monoisotopic (exact) mass is 389 g/mol. The third kappa shape index (κ3) is 3.59. The number of carbonyl (C=O) groups excluding carboxylic acids is 3. The number of amides is 1. The summed E-state index contributed by atoms with van der Waals surface area (Å²) in [5.74, 6) is -1.35. The number of aromatic nitrogens is 4. The van der Waals surface area contributed by atoms with E-state index in [4.69, 9.17) is 13.9 Å². The van der Waals surface area contributed by atoms with Gasteiger partial charge in [0.05, 0.1) is 13.2 Å². The highest BCUT2D eigenvalue weighted by Crippen LogP contribution is 2.28. The van der Waals surface area contributed by atoms with Crippen molar-refractivity contribution in [1.82, 2.24) is 19.6 Å². The van der Waals surface area contributed by atoms with Crippen LogP contribution in [-0.2, 0) is 16.5 Å². The Bertz CT molecular complexity index is 1030. The maximum atomic E-state index is 12.5. The molecule has 3 aromatic heterocycles. The maximum Gasteiger partial charge on any atom is 0.435 e. The summed E-state index contributed by atoms with van der Waals surface area (Å²) in [6.45, 7) is 3.85. The van der Waals surface area contributed by atoms with Gasteiger partial charge >= 0.3 is 12.1 Å². The average molecular weight is 389 g/mol. The van der Waals surface area contributed by atoms with E-state index in [-0.39, 0.29) is 41.6 Å². The number of nitrogens with zero attached hydrogens (tertiary/aromatic N) is 4. The smallest absolute Gasteiger partial charge is 0.435 e. The van der Waals surface area contributed by atoms with E-state index in [0.29, 0.717) is 6.42 Å². The van der Waals surface area contributed by atoms with E-state index in [9.17, 15) is 14.4 Å². The number of rotatable bonds is 6. The van der Waals surface area contributed by atoms with Gasteiger partial charge in [-0.3, -0.25) is 9.48 Å². The minimum absolute atomic E-state index is 0.0382. The van der Waals surface area contributed by atoms with Crippen LogP contribution in [0.4, 0.5) is 10.6 Å². The van der Waals surface area contributed by atoms with Gasteiger partial charge in [0.25, 0.3) is 5.91 Å². The number of anilines is 1. The molecule has 0 fully saturated rings. The van der Waals surface area contributed by atoms with Gasteiger partial charge in [0.1, 0.15) is 11.2 Å². The molecule has 0 saturated carbocycles. The molecule has 0 radical (unpaired) electrons. The van der Waals surface area contributed by atoms with E-state index in [1.54, 1.807) is 14.0 Å². The molecule has 0 aromatic carbocycles. The summed E-state index contributed by atoms with van der Waals surface area (Å²) < 4.78 is 17.8. The lowest BCUT2D eigenvalue weighted by atomic mass is 10.4. The third-order valence-electron chi connectivity index (χ3n) is 3.72. The molecule has 11 heteroatoms. The quantitative estimate of drug-likeness (QED) is 0.635. The Labute approximate surface area is 159 Å². The SMILES string of the molecule is CCCOC(=O)c1cc2c(o1)c(NC(=O)c1ccnn1C)nn2C(=O)OCC. The molecule has 0 aliphatic rings. The van der Waals surface area contributed by atoms with Crippen LogP contribution in [0.2, 0.25) is 0 Å². The highest BCUT2D eigenvalue weighted by Gasteiger charge is 2.25. The Kier molecular flexibility index (Phi) is 5.43. The van der Waals surface area contributed by atoms with Crippen LogP contribution in [0.1, 0.15) is 41.3 Å². The van der Waals surface area contributed by atoms with E-state index in [1.807, 2.05) is 6.92 Å². The van der Waals surface area contributed by atoms with Crippen molar-refractivity contribution in [3.8, 4) is 0 Å². The minimum atomic E-state index is -0.775. The second kappa shape index (κ2) is 7.94. The molecule has 0 bridgehead atoms. The number of furan rings is 1. The van der Waals surface area contributed by atoms with E-state index >= 15 is 0 Å². The average Bonchev–Trinajstić information content (AvgIpc) is 3.36. The van der Waals surface area contributed by atoms with Crippen LogP contribution in [-0.4, -0.2) is 50.7 Å². The molecule has 3 rings (SSSR count). The Morgan fingerprint density at radius 3 is 2.68 bits per heavy atom. The second-order valence-electron chi connectivity index (χ2n) is 5.71. The lowest BCUT2D eigenvalue weighted by molar-refractivity contribution is 0.0471. The molecular formula is C17H19N5O6. The van der Waals surface area contributed by atoms with Crippen molar-refractivity contribution < 1.29 is 28.3 Å². The third-order valence-corrected chi connectivity index (χ3v) is 3.72. The Hall–Kier alpha value is -3.63. The molecule has 0 atom stereocenters. The first-order valence-corrected chi connectivity index (χ1v) is 8.62. The van der Waals surface area contributed by atoms with Crippen molar-refractivity contribution in [1.29, 1.82) is 0 Å². The summed E-state index contributed by atoms with van der Waals surface area (Å²) in [4.78, 5) is 36.7. The molecule has 1 amide bonds. The lowest BCUT2D eigenvalue weighted by Gasteiger charge is -2.03. The molecule has 11 nitrogen and oxygen atoms in total. The van der Waals surface area contributed by atoms with Crippen LogP contribution >= 0.6 is 0 Å². The highest BCUT2D eigenvalue weighted by atomic mass is 16.6. The fraction of sp³-hybridized carbons (Fsp3) is 0.353. The second-order valence-corrected chi connectivity index (χ2v) is 5.71. The maximum absolute atomic E-state index is 12.5. The first kappa shape index (κ1) is 19.1. The Morgan fingerprint density at radius 1 is 1.25 bits per heavy atom. The first-order valence-electron chi connectivity index (χ1n) is 8.62. The number of hydrogen-bond donors (Lipinski definition) is 1. The van der Waals surface area contributed by atoms with Crippen molar-refractivity contribution in [3.05, 3.63) is 29.8 Å². The summed E-state index contributed by atoms with van der Waals surface area (Å²) in [7, 11) is 1.61. The van der Waals surface area contributed by atoms with Gasteiger partial charge in [0, 0.05) is 19.3 Å². The summed E-state index contributed by atoms with van der Waals surface area (Å²) in [5, 5.41) is 10.5. The van der Waals surface area contributed by atoms with E-state index in [1.165, 1.54) is 23.0 Å². The molecule has 3 heterocycles. The normalized spacial score (nSPS) is 10.8. The number of nitrogens with one attached hydrogen (secondary N) is 1. The summed E-state index contributed by atoms with van der Waals surface area (Å²) in [6.07, 6.45) is 1.34. The first-order chi connectivity index (χ1) is 13.5. The van der Waals surface area contributed by atoms with Gasteiger partial charge in [0.2, 0.25) is 5.76 Å². The molecule has 1 N–H and O–H groups in total. The molecule has 0 unspecified atom stereocenters. The van der Waals surface area contributed by atoms with Crippen molar-refractivity contribution in [2.45, 2.75) is 20.3 Å². The Morgan fingerprint density at radius 2 is 2.04 bits per heavy atom. The van der Waals surface area contributed by atoms with Crippen LogP contribution in [0, 0.1) is 0 Å². The fourth-order valence-corrected chi connectivity index (χ4v) is 2.45. The van der Waals surface area contributed by atoms with Crippen LogP contribution in [0.5, 0.6) is 0 Å². The van der Waals surface area contributed by atoms with Gasteiger partial charge in [-0.15, -0.1) is 5.10 Å². The van der Waals surface area contributed by atoms with Crippen LogP contribution in [0.3, 0.4) is 0 Å². The largest absolute Gasteiger partial charge is 0.460 e. The predicted octanol–water partition coefficient (Wildman–Crippen LogP) is 2.19. The summed E-state index contributed by atoms with van der Waals surface area (Å²) in [6, 6.07) is 2.83. The van der Waals surface area contributed by atoms with Gasteiger partial charge < -0.3 is 19.2 Å². The van der Waals surface area contributed by atoms with E-state index in [2.05, 4.69) is 15.5 Å². The number of fused-ring (bicyclic) bond motifs is 1. The van der Waals surface area contributed by atoms with Crippen molar-refractivity contribution in [2.75, 3.05) is 18.5 Å². The zero-order chi connectivity index (χ0) is 20.3. The van der Waals surface area contributed by atoms with Crippen molar-refractivity contribution in [2.24, 2.45) is 7.05 Å². The van der Waals surface area contributed by atoms with Gasteiger partial charge in [0.15, 0.2) is 11.4 Å². The highest BCUT2D eigenvalue weighted by molar-refractivity contribution is 6.07. The van der Waals surface area contributed by atoms with Crippen LogP contribution in [0.25, 0.3) is 11.1 Å². The van der Waals surface area contributed by atoms with Crippen molar-refractivity contribution >= 4 is 34.9 Å². The number of ether oxygens (including phenoxy) is 2. The molecule has 28 heavy (non-hydrogen) atoms. The number of esters is 1. The molecule has 148 valence electrons. The van der Waals surface area contributed by atoms with Crippen LogP contribution in [0.15, 0.2) is 22.7 Å². The fourth-order valence-electron chi connectivity index (χ4n) is 2.45. The molecule has 3 aromatic rings. The standard InChI is InChI=1S/C17H19N5O6/c1-4-8-27-16(24)12-9-11-13(28-12)14(20-22(11)17(25)26-5-2)19-15(23)10-6-7-18-21(10)3/h6-7,9H,4-5,8H2,1-3H3,(H,19,20,23). The minimum Gasteiger partial charge on any atom is -0.460 e. The van der Waals surface area contributed by atoms with Gasteiger partial charge in [-0.05, 0) is 19.4 Å². The lowest BCUT2D eigenvalue weighted by Crippen LogP contribution is -2.18. The zero-order valence-corrected chi connectivity index (χ0v) is 15.6.